The lowest BCUT2D eigenvalue weighted by atomic mass is 9.90. The summed E-state index contributed by atoms with van der Waals surface area (Å²) in [6, 6.07) is 4.21. The Kier molecular flexibility index (Phi) is 3.39. The van der Waals surface area contributed by atoms with E-state index in [1.807, 2.05) is 6.07 Å². The summed E-state index contributed by atoms with van der Waals surface area (Å²) < 4.78 is 45.0. The van der Waals surface area contributed by atoms with Crippen LogP contribution in [0.5, 0.6) is 0 Å². The second-order valence-corrected chi connectivity index (χ2v) is 4.23. The molecule has 2 rings (SSSR count). The van der Waals surface area contributed by atoms with Crippen LogP contribution in [-0.2, 0) is 17.5 Å². The van der Waals surface area contributed by atoms with E-state index in [0.717, 1.165) is 5.39 Å². The number of aromatic nitrogens is 1. The molecule has 0 saturated carbocycles. The predicted octanol–water partition coefficient (Wildman–Crippen LogP) is 1.56. The summed E-state index contributed by atoms with van der Waals surface area (Å²) in [5.41, 5.74) is 0.625. The number of methoxy groups -OCH3 is 1. The minimum absolute atomic E-state index is 0.471. The maximum atomic E-state index is 12.8. The molecule has 1 heterocycles. The molecule has 0 N–H and O–H groups in total. The monoisotopic (exact) mass is 255 g/mol. The van der Waals surface area contributed by atoms with Gasteiger partial charge in [-0.3, -0.25) is 0 Å². The number of alkyl halides is 3. The zero-order chi connectivity index (χ0) is 13.3. The minimum atomic E-state index is -4.31. The summed E-state index contributed by atoms with van der Waals surface area (Å²) in [6.45, 7) is 1.01. The highest BCUT2D eigenvalue weighted by molar-refractivity contribution is 6.38. The number of halogens is 3. The van der Waals surface area contributed by atoms with Crippen molar-refractivity contribution in [3.8, 4) is 0 Å². The fourth-order valence-electron chi connectivity index (χ4n) is 2.03. The Morgan fingerprint density at radius 2 is 2.06 bits per heavy atom. The largest absolute Gasteiger partial charge is 0.416 e. The highest BCUT2D eigenvalue weighted by Gasteiger charge is 2.31. The third-order valence-electron chi connectivity index (χ3n) is 2.96. The van der Waals surface area contributed by atoms with Crippen molar-refractivity contribution in [2.24, 2.45) is 0 Å². The summed E-state index contributed by atoms with van der Waals surface area (Å²) in [5, 5.41) is 0.846. The lowest BCUT2D eigenvalue weighted by Crippen LogP contribution is -2.13. The van der Waals surface area contributed by atoms with Crippen LogP contribution in [0.3, 0.4) is 0 Å². The molecule has 2 nitrogen and oxygen atoms in total. The lowest BCUT2D eigenvalue weighted by Gasteiger charge is -2.11. The van der Waals surface area contributed by atoms with E-state index >= 15 is 0 Å². The second-order valence-electron chi connectivity index (χ2n) is 4.23. The Labute approximate surface area is 104 Å². The van der Waals surface area contributed by atoms with Gasteiger partial charge in [-0.25, -0.2) is 0 Å². The van der Waals surface area contributed by atoms with Crippen LogP contribution >= 0.6 is 0 Å². The van der Waals surface area contributed by atoms with Crippen LogP contribution < -0.4 is 5.46 Å². The first-order valence-electron chi connectivity index (χ1n) is 5.59. The lowest BCUT2D eigenvalue weighted by molar-refractivity contribution is -0.137. The molecule has 0 aliphatic heterocycles. The molecule has 0 bridgehead atoms. The Hall–Kier alpha value is -1.43. The van der Waals surface area contributed by atoms with Crippen LogP contribution in [0.4, 0.5) is 13.2 Å². The third kappa shape index (κ3) is 2.38. The summed E-state index contributed by atoms with van der Waals surface area (Å²) in [4.78, 5) is 0. The van der Waals surface area contributed by atoms with E-state index in [0.29, 0.717) is 24.1 Å². The summed E-state index contributed by atoms with van der Waals surface area (Å²) in [7, 11) is 3.26. The van der Waals surface area contributed by atoms with Gasteiger partial charge in [-0.1, -0.05) is 11.5 Å². The molecule has 0 atom stereocenters. The molecule has 0 unspecified atom stereocenters. The normalized spacial score (nSPS) is 12.2. The first-order valence-corrected chi connectivity index (χ1v) is 5.59. The minimum Gasteiger partial charge on any atom is -0.383 e. The van der Waals surface area contributed by atoms with Gasteiger partial charge in [-0.15, -0.1) is 0 Å². The molecule has 18 heavy (non-hydrogen) atoms. The van der Waals surface area contributed by atoms with E-state index in [-0.39, 0.29) is 0 Å². The molecule has 0 radical (unpaired) electrons. The van der Waals surface area contributed by atoms with Crippen molar-refractivity contribution in [1.29, 1.82) is 0 Å². The van der Waals surface area contributed by atoms with Crippen molar-refractivity contribution >= 4 is 24.2 Å². The SMILES string of the molecule is Bc1cc(C(F)(F)F)cc2c1ccn2CCOC. The number of hydrogen-bond donors (Lipinski definition) is 0. The standard InChI is InChI=1S/C12H13BF3NO/c1-18-5-4-17-3-2-9-10(13)6-8(7-11(9)17)12(14,15)16/h2-3,6-7H,4-5,13H2,1H3. The summed E-state index contributed by atoms with van der Waals surface area (Å²) in [5.74, 6) is 0. The Bertz CT molecular complexity index is 562. The highest BCUT2D eigenvalue weighted by atomic mass is 19.4. The number of fused-ring (bicyclic) bond motifs is 1. The number of nitrogens with zero attached hydrogens (tertiary/aromatic N) is 1. The Morgan fingerprint density at radius 3 is 2.67 bits per heavy atom. The van der Waals surface area contributed by atoms with Crippen molar-refractivity contribution in [2.45, 2.75) is 12.7 Å². The Balaban J connectivity index is 2.54. The molecule has 0 amide bonds. The Morgan fingerprint density at radius 1 is 1.33 bits per heavy atom. The average Bonchev–Trinajstić information content (AvgIpc) is 2.69. The smallest absolute Gasteiger partial charge is 0.383 e. The first kappa shape index (κ1) is 13.0. The van der Waals surface area contributed by atoms with Crippen molar-refractivity contribution in [1.82, 2.24) is 4.57 Å². The molecule has 0 fully saturated rings. The predicted molar refractivity (Wildman–Crippen MR) is 67.0 cm³/mol. The van der Waals surface area contributed by atoms with Crippen LogP contribution in [0.15, 0.2) is 24.4 Å². The molecular weight excluding hydrogens is 242 g/mol. The van der Waals surface area contributed by atoms with E-state index in [4.69, 9.17) is 4.74 Å². The fraction of sp³-hybridized carbons (Fsp3) is 0.333. The number of hydrogen-bond acceptors (Lipinski definition) is 1. The van der Waals surface area contributed by atoms with Gasteiger partial charge in [0.2, 0.25) is 0 Å². The highest BCUT2D eigenvalue weighted by Crippen LogP contribution is 2.30. The molecule has 0 saturated heterocycles. The van der Waals surface area contributed by atoms with Crippen LogP contribution in [0.2, 0.25) is 0 Å². The van der Waals surface area contributed by atoms with Gasteiger partial charge < -0.3 is 9.30 Å². The molecule has 2 aromatic rings. The van der Waals surface area contributed by atoms with Crippen molar-refractivity contribution < 1.29 is 17.9 Å². The van der Waals surface area contributed by atoms with Gasteiger partial charge in [0.1, 0.15) is 7.85 Å². The molecule has 96 valence electrons. The van der Waals surface area contributed by atoms with Crippen LogP contribution in [0.1, 0.15) is 5.56 Å². The fourth-order valence-corrected chi connectivity index (χ4v) is 2.03. The van der Waals surface area contributed by atoms with Gasteiger partial charge in [0.15, 0.2) is 0 Å². The molecule has 0 spiro atoms. The quantitative estimate of drug-likeness (QED) is 0.759. The number of benzene rings is 1. The van der Waals surface area contributed by atoms with Crippen molar-refractivity contribution in [2.75, 3.05) is 13.7 Å². The summed E-state index contributed by atoms with van der Waals surface area (Å²) in [6.07, 6.45) is -2.52. The molecule has 0 aliphatic carbocycles. The molecule has 0 aliphatic rings. The van der Waals surface area contributed by atoms with Crippen LogP contribution in [0, 0.1) is 0 Å². The molecule has 6 heteroatoms. The van der Waals surface area contributed by atoms with Gasteiger partial charge in [0.05, 0.1) is 12.2 Å². The molecule has 1 aromatic heterocycles. The van der Waals surface area contributed by atoms with Gasteiger partial charge in [0.25, 0.3) is 0 Å². The third-order valence-corrected chi connectivity index (χ3v) is 2.96. The van der Waals surface area contributed by atoms with Gasteiger partial charge in [-0.05, 0) is 17.5 Å². The van der Waals surface area contributed by atoms with Crippen molar-refractivity contribution in [3.05, 3.63) is 30.0 Å². The van der Waals surface area contributed by atoms with Crippen LogP contribution in [0.25, 0.3) is 10.9 Å². The zero-order valence-corrected chi connectivity index (χ0v) is 10.2. The number of ether oxygens (including phenoxy) is 1. The van der Waals surface area contributed by atoms with Crippen molar-refractivity contribution in [3.63, 3.8) is 0 Å². The average molecular weight is 255 g/mol. The molecule has 1 aromatic carbocycles. The van der Waals surface area contributed by atoms with E-state index in [9.17, 15) is 13.2 Å². The van der Waals surface area contributed by atoms with E-state index in [2.05, 4.69) is 0 Å². The van der Waals surface area contributed by atoms with Crippen LogP contribution in [-0.4, -0.2) is 26.1 Å². The topological polar surface area (TPSA) is 14.2 Å². The maximum Gasteiger partial charge on any atom is 0.416 e. The first-order chi connectivity index (χ1) is 8.43. The number of rotatable bonds is 3. The second kappa shape index (κ2) is 4.68. The van der Waals surface area contributed by atoms with Gasteiger partial charge >= 0.3 is 6.18 Å². The van der Waals surface area contributed by atoms with E-state index in [1.54, 1.807) is 25.7 Å². The van der Waals surface area contributed by atoms with E-state index in [1.165, 1.54) is 12.1 Å². The zero-order valence-electron chi connectivity index (χ0n) is 10.2. The molecular formula is C12H13BF3NO. The van der Waals surface area contributed by atoms with Gasteiger partial charge in [0, 0.05) is 25.4 Å². The van der Waals surface area contributed by atoms with Gasteiger partial charge in [-0.2, -0.15) is 13.2 Å². The van der Waals surface area contributed by atoms with E-state index < -0.39 is 11.7 Å². The maximum absolute atomic E-state index is 12.8. The summed E-state index contributed by atoms with van der Waals surface area (Å²) >= 11 is 0.